The number of benzene rings is 2. The number of anilines is 4. The SMILES string of the molecule is CC(=O)Nc1cccc(Nc2ncnc(N3CCc4c(F)cccc4C3)n2)c1. The largest absolute Gasteiger partial charge is 0.336 e. The molecule has 2 aromatic carbocycles. The van der Waals surface area contributed by atoms with Gasteiger partial charge in [0, 0.05) is 31.4 Å². The van der Waals surface area contributed by atoms with Gasteiger partial charge in [-0.25, -0.2) is 14.4 Å². The first-order valence-corrected chi connectivity index (χ1v) is 8.93. The van der Waals surface area contributed by atoms with Crippen molar-refractivity contribution in [3.05, 3.63) is 65.7 Å². The first-order valence-electron chi connectivity index (χ1n) is 8.93. The Morgan fingerprint density at radius 3 is 2.82 bits per heavy atom. The van der Waals surface area contributed by atoms with E-state index >= 15 is 0 Å². The third-order valence-corrected chi connectivity index (χ3v) is 4.49. The molecule has 0 unspecified atom stereocenters. The number of hydrogen-bond donors (Lipinski definition) is 2. The second kappa shape index (κ2) is 7.59. The maximum Gasteiger partial charge on any atom is 0.232 e. The van der Waals surface area contributed by atoms with Gasteiger partial charge in [0.05, 0.1) is 0 Å². The van der Waals surface area contributed by atoms with Gasteiger partial charge in [-0.1, -0.05) is 18.2 Å². The molecule has 0 radical (unpaired) electrons. The van der Waals surface area contributed by atoms with Crippen molar-refractivity contribution in [2.24, 2.45) is 0 Å². The highest BCUT2D eigenvalue weighted by atomic mass is 19.1. The van der Waals surface area contributed by atoms with Crippen LogP contribution in [0, 0.1) is 5.82 Å². The lowest BCUT2D eigenvalue weighted by Crippen LogP contribution is -2.32. The fourth-order valence-corrected chi connectivity index (χ4v) is 3.24. The van der Waals surface area contributed by atoms with Crippen LogP contribution >= 0.6 is 0 Å². The number of rotatable bonds is 4. The Bertz CT molecular complexity index is 1030. The number of carbonyl (C=O) groups is 1. The first kappa shape index (κ1) is 17.8. The van der Waals surface area contributed by atoms with Crippen molar-refractivity contribution in [2.45, 2.75) is 19.9 Å². The Kier molecular flexibility index (Phi) is 4.84. The van der Waals surface area contributed by atoms with Gasteiger partial charge in [-0.15, -0.1) is 0 Å². The van der Waals surface area contributed by atoms with Crippen molar-refractivity contribution >= 4 is 29.2 Å². The predicted molar refractivity (Wildman–Crippen MR) is 105 cm³/mol. The second-order valence-electron chi connectivity index (χ2n) is 6.55. The van der Waals surface area contributed by atoms with E-state index in [9.17, 15) is 9.18 Å². The van der Waals surface area contributed by atoms with Gasteiger partial charge >= 0.3 is 0 Å². The van der Waals surface area contributed by atoms with E-state index in [2.05, 4.69) is 25.6 Å². The van der Waals surface area contributed by atoms with Crippen molar-refractivity contribution < 1.29 is 9.18 Å². The maximum absolute atomic E-state index is 13.9. The van der Waals surface area contributed by atoms with Crippen molar-refractivity contribution in [3.63, 3.8) is 0 Å². The van der Waals surface area contributed by atoms with E-state index < -0.39 is 0 Å². The minimum Gasteiger partial charge on any atom is -0.336 e. The minimum absolute atomic E-state index is 0.138. The molecule has 3 aromatic rings. The lowest BCUT2D eigenvalue weighted by Gasteiger charge is -2.29. The molecule has 0 spiro atoms. The molecule has 0 aliphatic carbocycles. The molecular formula is C20H19FN6O. The fraction of sp³-hybridized carbons (Fsp3) is 0.200. The molecule has 1 aromatic heterocycles. The van der Waals surface area contributed by atoms with Crippen LogP contribution in [0.1, 0.15) is 18.1 Å². The monoisotopic (exact) mass is 378 g/mol. The summed E-state index contributed by atoms with van der Waals surface area (Å²) in [6.07, 6.45) is 2.05. The Labute approximate surface area is 161 Å². The Morgan fingerprint density at radius 2 is 1.96 bits per heavy atom. The molecule has 4 rings (SSSR count). The van der Waals surface area contributed by atoms with Crippen LogP contribution in [0.2, 0.25) is 0 Å². The maximum atomic E-state index is 13.9. The van der Waals surface area contributed by atoms with Gasteiger partial charge in [0.2, 0.25) is 17.8 Å². The summed E-state index contributed by atoms with van der Waals surface area (Å²) in [6, 6.07) is 12.4. The summed E-state index contributed by atoms with van der Waals surface area (Å²) in [5.41, 5.74) is 3.14. The van der Waals surface area contributed by atoms with E-state index in [1.807, 2.05) is 23.1 Å². The molecule has 0 atom stereocenters. The van der Waals surface area contributed by atoms with E-state index in [0.717, 1.165) is 16.8 Å². The molecule has 8 heteroatoms. The number of aromatic nitrogens is 3. The molecule has 1 aliphatic rings. The summed E-state index contributed by atoms with van der Waals surface area (Å²) in [5, 5.41) is 5.86. The molecule has 1 amide bonds. The van der Waals surface area contributed by atoms with Gasteiger partial charge in [0.15, 0.2) is 0 Å². The molecule has 0 saturated carbocycles. The lowest BCUT2D eigenvalue weighted by atomic mass is 9.99. The average molecular weight is 378 g/mol. The van der Waals surface area contributed by atoms with Crippen molar-refractivity contribution in [3.8, 4) is 0 Å². The molecule has 7 nitrogen and oxygen atoms in total. The second-order valence-corrected chi connectivity index (χ2v) is 6.55. The number of amides is 1. The fourth-order valence-electron chi connectivity index (χ4n) is 3.24. The molecule has 2 N–H and O–H groups in total. The predicted octanol–water partition coefficient (Wildman–Crippen LogP) is 3.28. The van der Waals surface area contributed by atoms with Gasteiger partial charge in [-0.3, -0.25) is 4.79 Å². The van der Waals surface area contributed by atoms with Crippen LogP contribution < -0.4 is 15.5 Å². The summed E-state index contributed by atoms with van der Waals surface area (Å²) >= 11 is 0. The third kappa shape index (κ3) is 3.90. The third-order valence-electron chi connectivity index (χ3n) is 4.49. The van der Waals surface area contributed by atoms with Crippen LogP contribution in [-0.2, 0) is 17.8 Å². The van der Waals surface area contributed by atoms with Crippen molar-refractivity contribution in [1.29, 1.82) is 0 Å². The van der Waals surface area contributed by atoms with Crippen LogP contribution in [0.15, 0.2) is 48.8 Å². The Morgan fingerprint density at radius 1 is 1.14 bits per heavy atom. The topological polar surface area (TPSA) is 83.0 Å². The minimum atomic E-state index is -0.158. The molecular weight excluding hydrogens is 359 g/mol. The summed E-state index contributed by atoms with van der Waals surface area (Å²) in [6.45, 7) is 2.64. The van der Waals surface area contributed by atoms with E-state index in [1.54, 1.807) is 18.2 Å². The highest BCUT2D eigenvalue weighted by Crippen LogP contribution is 2.25. The van der Waals surface area contributed by atoms with Crippen LogP contribution in [-0.4, -0.2) is 27.4 Å². The van der Waals surface area contributed by atoms with Crippen LogP contribution in [0.5, 0.6) is 0 Å². The average Bonchev–Trinajstić information content (AvgIpc) is 2.68. The highest BCUT2D eigenvalue weighted by Gasteiger charge is 2.21. The zero-order valence-corrected chi connectivity index (χ0v) is 15.3. The van der Waals surface area contributed by atoms with Crippen molar-refractivity contribution in [2.75, 3.05) is 22.1 Å². The molecule has 2 heterocycles. The van der Waals surface area contributed by atoms with E-state index in [4.69, 9.17) is 0 Å². The zero-order chi connectivity index (χ0) is 19.5. The lowest BCUT2D eigenvalue weighted by molar-refractivity contribution is -0.114. The standard InChI is InChI=1S/C20H19FN6O/c1-13(28)24-15-5-3-6-16(10-15)25-19-22-12-23-20(26-19)27-9-8-17-14(11-27)4-2-7-18(17)21/h2-7,10,12H,8-9,11H2,1H3,(H,24,28)(H,22,23,25,26). The zero-order valence-electron chi connectivity index (χ0n) is 15.3. The molecule has 0 bridgehead atoms. The first-order chi connectivity index (χ1) is 13.6. The summed E-state index contributed by atoms with van der Waals surface area (Å²) < 4.78 is 13.9. The van der Waals surface area contributed by atoms with Crippen LogP contribution in [0.3, 0.4) is 0 Å². The van der Waals surface area contributed by atoms with Gasteiger partial charge in [-0.05, 0) is 41.8 Å². The molecule has 0 fully saturated rings. The quantitative estimate of drug-likeness (QED) is 0.725. The summed E-state index contributed by atoms with van der Waals surface area (Å²) in [5.74, 6) is 0.635. The van der Waals surface area contributed by atoms with E-state index in [-0.39, 0.29) is 11.7 Å². The number of fused-ring (bicyclic) bond motifs is 1. The van der Waals surface area contributed by atoms with E-state index in [0.29, 0.717) is 37.1 Å². The number of halogens is 1. The molecule has 28 heavy (non-hydrogen) atoms. The molecule has 142 valence electrons. The summed E-state index contributed by atoms with van der Waals surface area (Å²) in [4.78, 5) is 26.2. The van der Waals surface area contributed by atoms with Gasteiger partial charge in [0.1, 0.15) is 12.1 Å². The smallest absolute Gasteiger partial charge is 0.232 e. The number of nitrogens with zero attached hydrogens (tertiary/aromatic N) is 4. The van der Waals surface area contributed by atoms with Gasteiger partial charge in [-0.2, -0.15) is 4.98 Å². The normalized spacial score (nSPS) is 13.0. The van der Waals surface area contributed by atoms with Crippen LogP contribution in [0.4, 0.5) is 27.7 Å². The molecule has 0 saturated heterocycles. The Hall–Kier alpha value is -3.55. The van der Waals surface area contributed by atoms with Crippen LogP contribution in [0.25, 0.3) is 0 Å². The van der Waals surface area contributed by atoms with Crippen molar-refractivity contribution in [1.82, 2.24) is 15.0 Å². The highest BCUT2D eigenvalue weighted by molar-refractivity contribution is 5.89. The molecule has 1 aliphatic heterocycles. The summed E-state index contributed by atoms with van der Waals surface area (Å²) in [7, 11) is 0. The van der Waals surface area contributed by atoms with Gasteiger partial charge in [0.25, 0.3) is 0 Å². The number of carbonyl (C=O) groups excluding carboxylic acids is 1. The Balaban J connectivity index is 1.52. The van der Waals surface area contributed by atoms with Gasteiger partial charge < -0.3 is 15.5 Å². The number of hydrogen-bond acceptors (Lipinski definition) is 6. The van der Waals surface area contributed by atoms with E-state index in [1.165, 1.54) is 19.3 Å². The number of nitrogens with one attached hydrogen (secondary N) is 2.